The Bertz CT molecular complexity index is 286. The van der Waals surface area contributed by atoms with Crippen LogP contribution in [0.3, 0.4) is 0 Å². The molecular weight excluding hydrogens is 268 g/mol. The Morgan fingerprint density at radius 1 is 1.05 bits per heavy atom. The second-order valence-corrected chi connectivity index (χ2v) is 10.8. The van der Waals surface area contributed by atoms with Gasteiger partial charge in [0.05, 0.1) is 12.2 Å². The monoisotopic (exact) mass is 300 g/mol. The van der Waals surface area contributed by atoms with E-state index in [0.29, 0.717) is 13.0 Å². The Balaban J connectivity index is 2.64. The van der Waals surface area contributed by atoms with Gasteiger partial charge in [-0.2, -0.15) is 0 Å². The van der Waals surface area contributed by atoms with Gasteiger partial charge in [0.1, 0.15) is 0 Å². The maximum atomic E-state index is 11.3. The van der Waals surface area contributed by atoms with E-state index in [2.05, 4.69) is 20.8 Å². The van der Waals surface area contributed by atoms with Gasteiger partial charge in [-0.25, -0.2) is 0 Å². The summed E-state index contributed by atoms with van der Waals surface area (Å²) in [6.07, 6.45) is 6.14. The summed E-state index contributed by atoms with van der Waals surface area (Å²) in [7, 11) is -1.58. The van der Waals surface area contributed by atoms with Crippen LogP contribution in [0.1, 0.15) is 66.2 Å². The molecule has 0 bridgehead atoms. The molecule has 0 heterocycles. The van der Waals surface area contributed by atoms with Crippen molar-refractivity contribution in [2.45, 2.75) is 90.0 Å². The summed E-state index contributed by atoms with van der Waals surface area (Å²) in [6, 6.07) is 3.57. The van der Waals surface area contributed by atoms with Crippen LogP contribution in [0.5, 0.6) is 0 Å². The largest absolute Gasteiger partial charge is 0.466 e. The van der Waals surface area contributed by atoms with Gasteiger partial charge in [-0.3, -0.25) is 4.79 Å². The fourth-order valence-electron chi connectivity index (χ4n) is 3.30. The molecule has 20 heavy (non-hydrogen) atoms. The van der Waals surface area contributed by atoms with Crippen LogP contribution in [-0.4, -0.2) is 26.5 Å². The topological polar surface area (TPSA) is 35.5 Å². The SMILES string of the molecule is CCC(=O)OCCC1(O[Si](CC)(CC)CC)CCCC1. The average Bonchev–Trinajstić information content (AvgIpc) is 2.93. The Labute approximate surface area is 125 Å². The molecule has 0 aliphatic heterocycles. The van der Waals surface area contributed by atoms with Crippen LogP contribution in [0, 0.1) is 0 Å². The predicted octanol–water partition coefficient (Wildman–Crippen LogP) is 4.66. The molecule has 0 spiro atoms. The van der Waals surface area contributed by atoms with Crippen molar-refractivity contribution in [3.8, 4) is 0 Å². The first-order valence-electron chi connectivity index (χ1n) is 8.41. The number of ether oxygens (including phenoxy) is 1. The molecule has 0 unspecified atom stereocenters. The van der Waals surface area contributed by atoms with Gasteiger partial charge in [-0.05, 0) is 31.0 Å². The fraction of sp³-hybridized carbons (Fsp3) is 0.938. The first-order chi connectivity index (χ1) is 9.55. The summed E-state index contributed by atoms with van der Waals surface area (Å²) < 4.78 is 12.1. The molecule has 0 radical (unpaired) electrons. The molecule has 1 rings (SSSR count). The van der Waals surface area contributed by atoms with Crippen molar-refractivity contribution < 1.29 is 14.0 Å². The third kappa shape index (κ3) is 4.59. The maximum Gasteiger partial charge on any atom is 0.305 e. The van der Waals surface area contributed by atoms with Crippen molar-refractivity contribution in [1.29, 1.82) is 0 Å². The van der Waals surface area contributed by atoms with Crippen molar-refractivity contribution in [1.82, 2.24) is 0 Å². The van der Waals surface area contributed by atoms with E-state index in [9.17, 15) is 4.79 Å². The van der Waals surface area contributed by atoms with E-state index in [1.165, 1.54) is 31.0 Å². The van der Waals surface area contributed by atoms with Crippen LogP contribution in [0.2, 0.25) is 18.1 Å². The standard InChI is InChI=1S/C16H32O3Si/c1-5-15(17)18-14-13-16(11-9-10-12-16)19-20(6-2,7-3)8-4/h5-14H2,1-4H3. The molecule has 0 saturated heterocycles. The summed E-state index contributed by atoms with van der Waals surface area (Å²) in [4.78, 5) is 11.3. The zero-order valence-electron chi connectivity index (χ0n) is 13.8. The minimum Gasteiger partial charge on any atom is -0.466 e. The molecule has 3 nitrogen and oxygen atoms in total. The Morgan fingerprint density at radius 2 is 1.60 bits per heavy atom. The molecule has 0 amide bonds. The molecule has 1 aliphatic rings. The zero-order valence-corrected chi connectivity index (χ0v) is 14.8. The Kier molecular flexibility index (Phi) is 7.24. The number of hydrogen-bond acceptors (Lipinski definition) is 3. The van der Waals surface area contributed by atoms with E-state index < -0.39 is 8.32 Å². The van der Waals surface area contributed by atoms with Gasteiger partial charge in [-0.1, -0.05) is 40.5 Å². The van der Waals surface area contributed by atoms with E-state index >= 15 is 0 Å². The third-order valence-electron chi connectivity index (χ3n) is 4.99. The molecular formula is C16H32O3Si. The number of carbonyl (C=O) groups excluding carboxylic acids is 1. The second kappa shape index (κ2) is 8.18. The van der Waals surface area contributed by atoms with Gasteiger partial charge >= 0.3 is 5.97 Å². The predicted molar refractivity (Wildman–Crippen MR) is 85.3 cm³/mol. The number of rotatable bonds is 9. The van der Waals surface area contributed by atoms with Gasteiger partial charge < -0.3 is 9.16 Å². The lowest BCUT2D eigenvalue weighted by Gasteiger charge is -2.40. The molecule has 1 aliphatic carbocycles. The number of hydrogen-bond donors (Lipinski definition) is 0. The highest BCUT2D eigenvalue weighted by atomic mass is 28.4. The molecule has 0 N–H and O–H groups in total. The van der Waals surface area contributed by atoms with Crippen LogP contribution in [-0.2, 0) is 14.0 Å². The summed E-state index contributed by atoms with van der Waals surface area (Å²) in [5.74, 6) is -0.0943. The van der Waals surface area contributed by atoms with Crippen LogP contribution in [0.15, 0.2) is 0 Å². The zero-order chi connectivity index (χ0) is 15.1. The fourth-order valence-corrected chi connectivity index (χ4v) is 6.46. The minimum atomic E-state index is -1.58. The number of carbonyl (C=O) groups is 1. The van der Waals surface area contributed by atoms with Crippen molar-refractivity contribution >= 4 is 14.3 Å². The van der Waals surface area contributed by atoms with Gasteiger partial charge in [0.15, 0.2) is 8.32 Å². The summed E-state index contributed by atoms with van der Waals surface area (Å²) in [6.45, 7) is 9.19. The Hall–Kier alpha value is -0.353. The van der Waals surface area contributed by atoms with E-state index in [1.54, 1.807) is 0 Å². The lowest BCUT2D eigenvalue weighted by Crippen LogP contribution is -2.46. The summed E-state index contributed by atoms with van der Waals surface area (Å²) in [5, 5.41) is 0. The first kappa shape index (κ1) is 17.7. The molecule has 0 atom stereocenters. The molecule has 0 aromatic heterocycles. The smallest absolute Gasteiger partial charge is 0.305 e. The normalized spacial score (nSPS) is 18.2. The maximum absolute atomic E-state index is 11.3. The Morgan fingerprint density at radius 3 is 2.05 bits per heavy atom. The average molecular weight is 301 g/mol. The van der Waals surface area contributed by atoms with Crippen molar-refractivity contribution in [3.63, 3.8) is 0 Å². The van der Waals surface area contributed by atoms with Gasteiger partial charge in [0.25, 0.3) is 0 Å². The third-order valence-corrected chi connectivity index (χ3v) is 9.72. The van der Waals surface area contributed by atoms with Crippen LogP contribution in [0.4, 0.5) is 0 Å². The summed E-state index contributed by atoms with van der Waals surface area (Å²) >= 11 is 0. The van der Waals surface area contributed by atoms with Crippen LogP contribution < -0.4 is 0 Å². The molecule has 1 fully saturated rings. The minimum absolute atomic E-state index is 0.00226. The first-order valence-corrected chi connectivity index (χ1v) is 10.9. The van der Waals surface area contributed by atoms with Gasteiger partial charge in [0, 0.05) is 12.8 Å². The molecule has 118 valence electrons. The lowest BCUT2D eigenvalue weighted by atomic mass is 9.99. The van der Waals surface area contributed by atoms with Crippen LogP contribution >= 0.6 is 0 Å². The highest BCUT2D eigenvalue weighted by Gasteiger charge is 2.42. The van der Waals surface area contributed by atoms with E-state index in [1.807, 2.05) is 6.92 Å². The molecule has 0 aromatic carbocycles. The second-order valence-electron chi connectivity index (χ2n) is 6.06. The molecule has 0 aromatic rings. The van der Waals surface area contributed by atoms with E-state index in [-0.39, 0.29) is 11.6 Å². The number of esters is 1. The van der Waals surface area contributed by atoms with Crippen molar-refractivity contribution in [2.24, 2.45) is 0 Å². The molecule has 4 heteroatoms. The van der Waals surface area contributed by atoms with Gasteiger partial charge in [-0.15, -0.1) is 0 Å². The van der Waals surface area contributed by atoms with Crippen LogP contribution in [0.25, 0.3) is 0 Å². The quantitative estimate of drug-likeness (QED) is 0.459. The highest BCUT2D eigenvalue weighted by molar-refractivity contribution is 6.73. The van der Waals surface area contributed by atoms with Crippen molar-refractivity contribution in [3.05, 3.63) is 0 Å². The van der Waals surface area contributed by atoms with E-state index in [0.717, 1.165) is 19.3 Å². The van der Waals surface area contributed by atoms with E-state index in [4.69, 9.17) is 9.16 Å². The summed E-state index contributed by atoms with van der Waals surface area (Å²) in [5.41, 5.74) is 0.00226. The van der Waals surface area contributed by atoms with Gasteiger partial charge in [0.2, 0.25) is 0 Å². The highest BCUT2D eigenvalue weighted by Crippen LogP contribution is 2.41. The molecule has 1 saturated carbocycles. The lowest BCUT2D eigenvalue weighted by molar-refractivity contribution is -0.144. The van der Waals surface area contributed by atoms with Crippen molar-refractivity contribution in [2.75, 3.05) is 6.61 Å².